The first-order valence-electron chi connectivity index (χ1n) is 5.63. The predicted octanol–water partition coefficient (Wildman–Crippen LogP) is 1.54. The van der Waals surface area contributed by atoms with E-state index < -0.39 is 0 Å². The Labute approximate surface area is 103 Å². The van der Waals surface area contributed by atoms with Crippen LogP contribution in [0.1, 0.15) is 11.1 Å². The lowest BCUT2D eigenvalue weighted by Gasteiger charge is -2.14. The van der Waals surface area contributed by atoms with Crippen molar-refractivity contribution in [1.29, 1.82) is 0 Å². The van der Waals surface area contributed by atoms with Crippen molar-refractivity contribution in [3.8, 4) is 0 Å². The summed E-state index contributed by atoms with van der Waals surface area (Å²) in [5, 5.41) is 3.28. The fourth-order valence-electron chi connectivity index (χ4n) is 1.59. The Bertz CT molecular complexity index is 313. The first-order chi connectivity index (χ1) is 8.30. The Kier molecular flexibility index (Phi) is 6.81. The molecule has 0 amide bonds. The molecule has 0 aromatic heterocycles. The summed E-state index contributed by atoms with van der Waals surface area (Å²) in [5.41, 5.74) is 2.41. The number of hydrogen-bond donors (Lipinski definition) is 1. The Morgan fingerprint density at radius 2 is 1.82 bits per heavy atom. The summed E-state index contributed by atoms with van der Waals surface area (Å²) >= 11 is 0. The topological polar surface area (TPSA) is 39.7 Å². The van der Waals surface area contributed by atoms with E-state index >= 15 is 0 Å². The third-order valence-corrected chi connectivity index (χ3v) is 2.47. The van der Waals surface area contributed by atoms with Gasteiger partial charge in [-0.05, 0) is 11.1 Å². The van der Waals surface area contributed by atoms with Gasteiger partial charge < -0.3 is 19.5 Å². The van der Waals surface area contributed by atoms with Crippen molar-refractivity contribution in [2.45, 2.75) is 19.4 Å². The Balaban J connectivity index is 2.38. The van der Waals surface area contributed by atoms with Crippen LogP contribution >= 0.6 is 0 Å². The number of hydrogen-bond acceptors (Lipinski definition) is 4. The van der Waals surface area contributed by atoms with Gasteiger partial charge >= 0.3 is 0 Å². The summed E-state index contributed by atoms with van der Waals surface area (Å²) in [6.45, 7) is 2.11. The number of rotatable bonds is 8. The molecule has 17 heavy (non-hydrogen) atoms. The quantitative estimate of drug-likeness (QED) is 0.699. The first kappa shape index (κ1) is 14.1. The summed E-state index contributed by atoms with van der Waals surface area (Å²) in [6, 6.07) is 8.31. The lowest BCUT2D eigenvalue weighted by Crippen LogP contribution is -2.29. The van der Waals surface area contributed by atoms with Gasteiger partial charge in [-0.25, -0.2) is 0 Å². The summed E-state index contributed by atoms with van der Waals surface area (Å²) < 4.78 is 15.3. The normalized spacial score (nSPS) is 11.1. The van der Waals surface area contributed by atoms with Gasteiger partial charge in [0.05, 0.1) is 6.61 Å². The fraction of sp³-hybridized carbons (Fsp3) is 0.538. The van der Waals surface area contributed by atoms with Crippen LogP contribution in [0.25, 0.3) is 0 Å². The number of nitrogens with one attached hydrogen (secondary N) is 1. The summed E-state index contributed by atoms with van der Waals surface area (Å²) in [4.78, 5) is 0. The van der Waals surface area contributed by atoms with E-state index in [1.54, 1.807) is 21.3 Å². The van der Waals surface area contributed by atoms with E-state index in [-0.39, 0.29) is 6.29 Å². The van der Waals surface area contributed by atoms with Crippen LogP contribution in [-0.4, -0.2) is 34.2 Å². The summed E-state index contributed by atoms with van der Waals surface area (Å²) in [5.74, 6) is 0. The van der Waals surface area contributed by atoms with Crippen LogP contribution in [0.4, 0.5) is 0 Å². The summed E-state index contributed by atoms with van der Waals surface area (Å²) in [7, 11) is 4.97. The first-order valence-corrected chi connectivity index (χ1v) is 5.63. The highest BCUT2D eigenvalue weighted by atomic mass is 16.7. The van der Waals surface area contributed by atoms with E-state index in [4.69, 9.17) is 14.2 Å². The molecule has 96 valence electrons. The second-order valence-corrected chi connectivity index (χ2v) is 3.78. The average molecular weight is 239 g/mol. The maximum Gasteiger partial charge on any atom is 0.169 e. The minimum Gasteiger partial charge on any atom is -0.380 e. The molecule has 0 aliphatic rings. The Hall–Kier alpha value is -0.940. The molecule has 0 saturated carbocycles. The standard InChI is InChI=1S/C13H21NO3/c1-15-10-12-6-4-5-11(7-12)8-14-9-13(16-2)17-3/h4-7,13-14H,8-10H2,1-3H3. The van der Waals surface area contributed by atoms with Crippen molar-refractivity contribution >= 4 is 0 Å². The highest BCUT2D eigenvalue weighted by molar-refractivity contribution is 5.22. The van der Waals surface area contributed by atoms with Gasteiger partial charge in [-0.15, -0.1) is 0 Å². The number of benzene rings is 1. The van der Waals surface area contributed by atoms with Crippen LogP contribution in [0.3, 0.4) is 0 Å². The number of methoxy groups -OCH3 is 3. The molecule has 0 fully saturated rings. The van der Waals surface area contributed by atoms with Crippen molar-refractivity contribution in [3.63, 3.8) is 0 Å². The monoisotopic (exact) mass is 239 g/mol. The molecule has 0 radical (unpaired) electrons. The van der Waals surface area contributed by atoms with Crippen LogP contribution in [-0.2, 0) is 27.4 Å². The smallest absolute Gasteiger partial charge is 0.169 e. The van der Waals surface area contributed by atoms with Crippen molar-refractivity contribution in [3.05, 3.63) is 35.4 Å². The van der Waals surface area contributed by atoms with Gasteiger partial charge in [-0.1, -0.05) is 24.3 Å². The molecule has 4 nitrogen and oxygen atoms in total. The van der Waals surface area contributed by atoms with Crippen LogP contribution in [0.2, 0.25) is 0 Å². The molecule has 0 bridgehead atoms. The van der Waals surface area contributed by atoms with E-state index in [0.717, 1.165) is 6.54 Å². The Morgan fingerprint density at radius 3 is 2.47 bits per heavy atom. The van der Waals surface area contributed by atoms with Gasteiger partial charge in [0.1, 0.15) is 0 Å². The zero-order valence-corrected chi connectivity index (χ0v) is 10.7. The molecule has 0 aliphatic carbocycles. The average Bonchev–Trinajstić information content (AvgIpc) is 2.36. The summed E-state index contributed by atoms with van der Waals surface area (Å²) in [6.07, 6.45) is -0.197. The van der Waals surface area contributed by atoms with Gasteiger partial charge in [0.2, 0.25) is 0 Å². The maximum absolute atomic E-state index is 5.10. The molecule has 0 spiro atoms. The molecule has 0 saturated heterocycles. The molecule has 1 aromatic carbocycles. The third-order valence-electron chi connectivity index (χ3n) is 2.47. The van der Waals surface area contributed by atoms with Gasteiger partial charge in [-0.2, -0.15) is 0 Å². The van der Waals surface area contributed by atoms with Crippen LogP contribution in [0.15, 0.2) is 24.3 Å². The Morgan fingerprint density at radius 1 is 1.12 bits per heavy atom. The van der Waals surface area contributed by atoms with Gasteiger partial charge in [0, 0.05) is 34.4 Å². The zero-order valence-electron chi connectivity index (χ0n) is 10.7. The van der Waals surface area contributed by atoms with Crippen LogP contribution in [0, 0.1) is 0 Å². The minimum absolute atomic E-state index is 0.197. The maximum atomic E-state index is 5.10. The molecular formula is C13H21NO3. The van der Waals surface area contributed by atoms with Crippen molar-refractivity contribution in [1.82, 2.24) is 5.32 Å². The SMILES string of the molecule is COCc1cccc(CNCC(OC)OC)c1. The molecule has 0 heterocycles. The van der Waals surface area contributed by atoms with E-state index in [9.17, 15) is 0 Å². The minimum atomic E-state index is -0.197. The zero-order chi connectivity index (χ0) is 12.5. The predicted molar refractivity (Wildman–Crippen MR) is 66.7 cm³/mol. The van der Waals surface area contributed by atoms with E-state index in [2.05, 4.69) is 23.5 Å². The largest absolute Gasteiger partial charge is 0.380 e. The molecule has 0 unspecified atom stereocenters. The highest BCUT2D eigenvalue weighted by Crippen LogP contribution is 2.06. The molecule has 0 aliphatic heterocycles. The van der Waals surface area contributed by atoms with E-state index in [0.29, 0.717) is 13.2 Å². The number of ether oxygens (including phenoxy) is 3. The highest BCUT2D eigenvalue weighted by Gasteiger charge is 2.03. The van der Waals surface area contributed by atoms with Crippen LogP contribution in [0.5, 0.6) is 0 Å². The van der Waals surface area contributed by atoms with Crippen LogP contribution < -0.4 is 5.32 Å². The second-order valence-electron chi connectivity index (χ2n) is 3.78. The van der Waals surface area contributed by atoms with Crippen molar-refractivity contribution < 1.29 is 14.2 Å². The second kappa shape index (κ2) is 8.20. The molecule has 1 aromatic rings. The van der Waals surface area contributed by atoms with Gasteiger partial charge in [0.15, 0.2) is 6.29 Å². The van der Waals surface area contributed by atoms with Crippen molar-refractivity contribution in [2.75, 3.05) is 27.9 Å². The van der Waals surface area contributed by atoms with E-state index in [1.165, 1.54) is 11.1 Å². The molecule has 0 atom stereocenters. The molecular weight excluding hydrogens is 218 g/mol. The van der Waals surface area contributed by atoms with Gasteiger partial charge in [0.25, 0.3) is 0 Å². The fourth-order valence-corrected chi connectivity index (χ4v) is 1.59. The molecule has 1 rings (SSSR count). The molecule has 1 N–H and O–H groups in total. The lowest BCUT2D eigenvalue weighted by molar-refractivity contribution is -0.0989. The van der Waals surface area contributed by atoms with Crippen molar-refractivity contribution in [2.24, 2.45) is 0 Å². The lowest BCUT2D eigenvalue weighted by atomic mass is 10.1. The molecule has 4 heteroatoms. The van der Waals surface area contributed by atoms with Gasteiger partial charge in [-0.3, -0.25) is 0 Å². The third kappa shape index (κ3) is 5.28. The van der Waals surface area contributed by atoms with E-state index in [1.807, 2.05) is 6.07 Å².